The summed E-state index contributed by atoms with van der Waals surface area (Å²) in [5.41, 5.74) is -0.268. The molecule has 1 saturated carbocycles. The molecule has 20 heavy (non-hydrogen) atoms. The molecule has 0 unspecified atom stereocenters. The molecule has 5 nitrogen and oxygen atoms in total. The highest BCUT2D eigenvalue weighted by Crippen LogP contribution is 2.40. The molecule has 0 saturated heterocycles. The number of benzene rings is 1. The fourth-order valence-electron chi connectivity index (χ4n) is 2.09. The van der Waals surface area contributed by atoms with Gasteiger partial charge in [-0.3, -0.25) is 4.79 Å². The Morgan fingerprint density at radius 1 is 1.40 bits per heavy atom. The maximum absolute atomic E-state index is 11.8. The summed E-state index contributed by atoms with van der Waals surface area (Å²) in [6, 6.07) is 4.67. The number of carbonyl (C=O) groups excluding carboxylic acids is 1. The Labute approximate surface area is 129 Å². The lowest BCUT2D eigenvalue weighted by Gasteiger charge is -2.37. The van der Waals surface area contributed by atoms with Crippen LogP contribution in [0.15, 0.2) is 22.7 Å². The van der Waals surface area contributed by atoms with Crippen molar-refractivity contribution in [2.45, 2.75) is 19.3 Å². The molecule has 2 amide bonds. The standard InChI is InChI=1S/C13H14BrClN2O3/c14-10-8(15)3-1-4-9(10)17-12(20)16-7-13(11(18)19)5-2-6-13/h1,3-4H,2,5-7H2,(H,18,19)(H2,16,17,20). The van der Waals surface area contributed by atoms with Crippen molar-refractivity contribution in [3.05, 3.63) is 27.7 Å². The van der Waals surface area contributed by atoms with Crippen LogP contribution in [0.3, 0.4) is 0 Å². The highest BCUT2D eigenvalue weighted by Gasteiger charge is 2.44. The number of amides is 2. The molecule has 1 aromatic carbocycles. The van der Waals surface area contributed by atoms with E-state index in [9.17, 15) is 14.7 Å². The number of rotatable bonds is 4. The first-order valence-corrected chi connectivity index (χ1v) is 7.34. The van der Waals surface area contributed by atoms with E-state index in [4.69, 9.17) is 11.6 Å². The molecule has 0 atom stereocenters. The summed E-state index contributed by atoms with van der Waals surface area (Å²) in [4.78, 5) is 23.0. The van der Waals surface area contributed by atoms with Gasteiger partial charge in [0.05, 0.1) is 20.6 Å². The summed E-state index contributed by atoms with van der Waals surface area (Å²) in [6.45, 7) is 0.131. The minimum Gasteiger partial charge on any atom is -0.481 e. The number of aliphatic carboxylic acids is 1. The Balaban J connectivity index is 1.93. The summed E-state index contributed by atoms with van der Waals surface area (Å²) < 4.78 is 0.591. The second-order valence-corrected chi connectivity index (χ2v) is 6.05. The van der Waals surface area contributed by atoms with Gasteiger partial charge in [-0.2, -0.15) is 0 Å². The van der Waals surface area contributed by atoms with E-state index in [-0.39, 0.29) is 6.54 Å². The number of halogens is 2. The lowest BCUT2D eigenvalue weighted by molar-refractivity contribution is -0.153. The van der Waals surface area contributed by atoms with Crippen LogP contribution in [0.2, 0.25) is 5.02 Å². The number of hydrogen-bond acceptors (Lipinski definition) is 2. The van der Waals surface area contributed by atoms with Gasteiger partial charge in [-0.15, -0.1) is 0 Å². The second kappa shape index (κ2) is 6.01. The lowest BCUT2D eigenvalue weighted by Crippen LogP contribution is -2.48. The maximum atomic E-state index is 11.8. The van der Waals surface area contributed by atoms with E-state index in [1.807, 2.05) is 0 Å². The zero-order valence-electron chi connectivity index (χ0n) is 10.6. The van der Waals surface area contributed by atoms with Gasteiger partial charge in [0.1, 0.15) is 0 Å². The van der Waals surface area contributed by atoms with Gasteiger partial charge in [0.15, 0.2) is 0 Å². The van der Waals surface area contributed by atoms with Crippen molar-refractivity contribution >= 4 is 45.2 Å². The first-order valence-electron chi connectivity index (χ1n) is 6.17. The summed E-state index contributed by atoms with van der Waals surface area (Å²) in [7, 11) is 0. The van der Waals surface area contributed by atoms with Gasteiger partial charge in [0.25, 0.3) is 0 Å². The largest absolute Gasteiger partial charge is 0.481 e. The van der Waals surface area contributed by atoms with Gasteiger partial charge in [0.2, 0.25) is 0 Å². The average Bonchev–Trinajstić information content (AvgIpc) is 2.33. The van der Waals surface area contributed by atoms with Crippen LogP contribution >= 0.6 is 27.5 Å². The number of nitrogens with one attached hydrogen (secondary N) is 2. The predicted octanol–water partition coefficient (Wildman–Crippen LogP) is 3.48. The predicted molar refractivity (Wildman–Crippen MR) is 80.1 cm³/mol. The zero-order valence-corrected chi connectivity index (χ0v) is 12.9. The molecule has 0 spiro atoms. The highest BCUT2D eigenvalue weighted by atomic mass is 79.9. The van der Waals surface area contributed by atoms with E-state index in [0.29, 0.717) is 28.0 Å². The van der Waals surface area contributed by atoms with E-state index in [1.165, 1.54) is 0 Å². The third-order valence-corrected chi connectivity index (χ3v) is 4.95. The summed E-state index contributed by atoms with van der Waals surface area (Å²) in [5, 5.41) is 14.9. The van der Waals surface area contributed by atoms with Crippen LogP contribution in [0.1, 0.15) is 19.3 Å². The summed E-state index contributed by atoms with van der Waals surface area (Å²) in [6.07, 6.45) is 2.09. The average molecular weight is 362 g/mol. The number of anilines is 1. The summed E-state index contributed by atoms with van der Waals surface area (Å²) in [5.74, 6) is -0.854. The van der Waals surface area contributed by atoms with Crippen LogP contribution in [-0.2, 0) is 4.79 Å². The lowest BCUT2D eigenvalue weighted by atomic mass is 9.69. The fraction of sp³-hybridized carbons (Fsp3) is 0.385. The van der Waals surface area contributed by atoms with Crippen molar-refractivity contribution in [2.24, 2.45) is 5.41 Å². The molecular weight excluding hydrogens is 348 g/mol. The van der Waals surface area contributed by atoms with E-state index < -0.39 is 17.4 Å². The van der Waals surface area contributed by atoms with Crippen molar-refractivity contribution < 1.29 is 14.7 Å². The Bertz CT molecular complexity index is 546. The maximum Gasteiger partial charge on any atom is 0.319 e. The summed E-state index contributed by atoms with van der Waals surface area (Å²) >= 11 is 9.20. The molecule has 0 bridgehead atoms. The van der Waals surface area contributed by atoms with Gasteiger partial charge in [-0.1, -0.05) is 24.1 Å². The van der Waals surface area contributed by atoms with Crippen molar-refractivity contribution in [1.29, 1.82) is 0 Å². The minimum absolute atomic E-state index is 0.131. The molecule has 0 radical (unpaired) electrons. The van der Waals surface area contributed by atoms with Crippen LogP contribution in [0, 0.1) is 5.41 Å². The fourth-order valence-corrected chi connectivity index (χ4v) is 2.62. The van der Waals surface area contributed by atoms with Gasteiger partial charge in [0, 0.05) is 6.54 Å². The molecule has 1 fully saturated rings. The molecule has 3 N–H and O–H groups in total. The molecule has 1 aliphatic carbocycles. The molecule has 1 aromatic rings. The topological polar surface area (TPSA) is 78.4 Å². The third kappa shape index (κ3) is 3.07. The van der Waals surface area contributed by atoms with Crippen LogP contribution in [0.25, 0.3) is 0 Å². The molecule has 108 valence electrons. The SMILES string of the molecule is O=C(NCC1(C(=O)O)CCC1)Nc1cccc(Cl)c1Br. The molecule has 0 aliphatic heterocycles. The minimum atomic E-state index is -0.854. The normalized spacial score (nSPS) is 16.1. The first-order chi connectivity index (χ1) is 9.44. The van der Waals surface area contributed by atoms with Gasteiger partial charge >= 0.3 is 12.0 Å². The molecule has 7 heteroatoms. The van der Waals surface area contributed by atoms with Crippen LogP contribution < -0.4 is 10.6 Å². The van der Waals surface area contributed by atoms with Crippen molar-refractivity contribution in [2.75, 3.05) is 11.9 Å². The quantitative estimate of drug-likeness (QED) is 0.768. The molecule has 0 heterocycles. The van der Waals surface area contributed by atoms with E-state index >= 15 is 0 Å². The van der Waals surface area contributed by atoms with E-state index in [2.05, 4.69) is 26.6 Å². The van der Waals surface area contributed by atoms with Crippen LogP contribution in [0.5, 0.6) is 0 Å². The molecule has 0 aromatic heterocycles. The Morgan fingerprint density at radius 2 is 2.10 bits per heavy atom. The van der Waals surface area contributed by atoms with Crippen molar-refractivity contribution in [3.8, 4) is 0 Å². The van der Waals surface area contributed by atoms with Gasteiger partial charge < -0.3 is 15.7 Å². The second-order valence-electron chi connectivity index (χ2n) is 4.85. The smallest absolute Gasteiger partial charge is 0.319 e. The number of carboxylic acid groups (broad SMARTS) is 1. The highest BCUT2D eigenvalue weighted by molar-refractivity contribution is 9.10. The van der Waals surface area contributed by atoms with Gasteiger partial charge in [-0.25, -0.2) is 4.79 Å². The van der Waals surface area contributed by atoms with Crippen molar-refractivity contribution in [1.82, 2.24) is 5.32 Å². The van der Waals surface area contributed by atoms with E-state index in [0.717, 1.165) is 6.42 Å². The molecular formula is C13H14BrClN2O3. The number of urea groups is 1. The van der Waals surface area contributed by atoms with Crippen LogP contribution in [0.4, 0.5) is 10.5 Å². The number of carboxylic acids is 1. The zero-order chi connectivity index (χ0) is 14.8. The number of hydrogen-bond donors (Lipinski definition) is 3. The Morgan fingerprint density at radius 3 is 2.65 bits per heavy atom. The number of carbonyl (C=O) groups is 2. The van der Waals surface area contributed by atoms with Gasteiger partial charge in [-0.05, 0) is 40.9 Å². The van der Waals surface area contributed by atoms with Crippen LogP contribution in [-0.4, -0.2) is 23.7 Å². The molecule has 1 aliphatic rings. The monoisotopic (exact) mass is 360 g/mol. The third-order valence-electron chi connectivity index (χ3n) is 3.55. The first kappa shape index (κ1) is 15.1. The van der Waals surface area contributed by atoms with E-state index in [1.54, 1.807) is 18.2 Å². The molecule has 2 rings (SSSR count). The Kier molecular flexibility index (Phi) is 4.55. The Hall–Kier alpha value is -1.27. The van der Waals surface area contributed by atoms with Crippen molar-refractivity contribution in [3.63, 3.8) is 0 Å².